The first kappa shape index (κ1) is 24.2. The van der Waals surface area contributed by atoms with E-state index in [4.69, 9.17) is 4.74 Å². The number of halogens is 3. The SMILES string of the molecule is COC(=O)c1ccc(NC(=O)COC(=O)c2cccnc2Nc2cccc(C(F)(F)F)c2)cc1. The molecule has 11 heteroatoms. The van der Waals surface area contributed by atoms with E-state index >= 15 is 0 Å². The lowest BCUT2D eigenvalue weighted by atomic mass is 10.2. The Morgan fingerprint density at radius 2 is 1.68 bits per heavy atom. The molecule has 2 N–H and O–H groups in total. The van der Waals surface area contributed by atoms with Crippen LogP contribution >= 0.6 is 0 Å². The Morgan fingerprint density at radius 3 is 2.35 bits per heavy atom. The topological polar surface area (TPSA) is 107 Å². The predicted molar refractivity (Wildman–Crippen MR) is 116 cm³/mol. The molecule has 0 radical (unpaired) electrons. The number of aromatic nitrogens is 1. The van der Waals surface area contributed by atoms with Crippen LogP contribution in [-0.2, 0) is 20.4 Å². The highest BCUT2D eigenvalue weighted by molar-refractivity contribution is 5.98. The van der Waals surface area contributed by atoms with Crippen molar-refractivity contribution in [2.75, 3.05) is 24.4 Å². The number of nitrogens with zero attached hydrogens (tertiary/aromatic N) is 1. The summed E-state index contributed by atoms with van der Waals surface area (Å²) in [6.07, 6.45) is -3.19. The number of amides is 1. The van der Waals surface area contributed by atoms with E-state index in [0.29, 0.717) is 11.3 Å². The number of hydrogen-bond acceptors (Lipinski definition) is 7. The molecule has 176 valence electrons. The second-order valence-electron chi connectivity index (χ2n) is 6.80. The fourth-order valence-corrected chi connectivity index (χ4v) is 2.79. The van der Waals surface area contributed by atoms with Gasteiger partial charge in [0.05, 0.1) is 18.2 Å². The van der Waals surface area contributed by atoms with Gasteiger partial charge in [-0.3, -0.25) is 4.79 Å². The van der Waals surface area contributed by atoms with E-state index in [9.17, 15) is 27.6 Å². The van der Waals surface area contributed by atoms with Crippen LogP contribution in [0.3, 0.4) is 0 Å². The number of benzene rings is 2. The van der Waals surface area contributed by atoms with Crippen molar-refractivity contribution in [2.24, 2.45) is 0 Å². The summed E-state index contributed by atoms with van der Waals surface area (Å²) >= 11 is 0. The molecule has 0 aliphatic carbocycles. The van der Waals surface area contributed by atoms with E-state index in [-0.39, 0.29) is 17.1 Å². The predicted octanol–water partition coefficient (Wildman–Crippen LogP) is 4.43. The quantitative estimate of drug-likeness (QED) is 0.489. The standard InChI is InChI=1S/C23H18F3N3O5/c1-33-21(31)14-7-9-16(10-8-14)28-19(30)13-34-22(32)18-6-3-11-27-20(18)29-17-5-2-4-15(12-17)23(24,25)26/h2-12H,13H2,1H3,(H,27,29)(H,28,30). The normalized spacial score (nSPS) is 10.8. The first-order chi connectivity index (χ1) is 16.2. The zero-order valence-electron chi connectivity index (χ0n) is 17.7. The van der Waals surface area contributed by atoms with E-state index in [0.717, 1.165) is 12.1 Å². The number of hydrogen-bond donors (Lipinski definition) is 2. The van der Waals surface area contributed by atoms with E-state index in [1.165, 1.54) is 61.8 Å². The zero-order chi connectivity index (χ0) is 24.7. The molecule has 0 spiro atoms. The number of esters is 2. The Kier molecular flexibility index (Phi) is 7.46. The molecule has 0 atom stereocenters. The van der Waals surface area contributed by atoms with Crippen molar-refractivity contribution in [1.29, 1.82) is 0 Å². The Morgan fingerprint density at radius 1 is 0.941 bits per heavy atom. The summed E-state index contributed by atoms with van der Waals surface area (Å²) in [6, 6.07) is 13.1. The minimum Gasteiger partial charge on any atom is -0.465 e. The minimum atomic E-state index is -4.53. The van der Waals surface area contributed by atoms with Crippen molar-refractivity contribution in [2.45, 2.75) is 6.18 Å². The lowest BCUT2D eigenvalue weighted by Gasteiger charge is -2.13. The van der Waals surface area contributed by atoms with Gasteiger partial charge in [-0.15, -0.1) is 0 Å². The third-order valence-corrected chi connectivity index (χ3v) is 4.40. The largest absolute Gasteiger partial charge is 0.465 e. The molecule has 34 heavy (non-hydrogen) atoms. The Hall–Kier alpha value is -4.41. The fourth-order valence-electron chi connectivity index (χ4n) is 2.79. The van der Waals surface area contributed by atoms with Gasteiger partial charge in [-0.05, 0) is 54.6 Å². The van der Waals surface area contributed by atoms with Crippen LogP contribution in [0.5, 0.6) is 0 Å². The fraction of sp³-hybridized carbons (Fsp3) is 0.130. The molecule has 1 aromatic heterocycles. The number of alkyl halides is 3. The summed E-state index contributed by atoms with van der Waals surface area (Å²) in [6.45, 7) is -0.629. The zero-order valence-corrected chi connectivity index (χ0v) is 17.7. The molecule has 8 nitrogen and oxygen atoms in total. The van der Waals surface area contributed by atoms with Gasteiger partial charge in [0.2, 0.25) is 0 Å². The number of carbonyl (C=O) groups excluding carboxylic acids is 3. The first-order valence-electron chi connectivity index (χ1n) is 9.72. The van der Waals surface area contributed by atoms with Gasteiger partial charge in [-0.2, -0.15) is 13.2 Å². The smallest absolute Gasteiger partial charge is 0.416 e. The second-order valence-corrected chi connectivity index (χ2v) is 6.80. The Bertz CT molecular complexity index is 1200. The number of ether oxygens (including phenoxy) is 2. The number of pyridine rings is 1. The Labute approximate surface area is 191 Å². The highest BCUT2D eigenvalue weighted by Gasteiger charge is 2.30. The van der Waals surface area contributed by atoms with Crippen LogP contribution in [0.25, 0.3) is 0 Å². The van der Waals surface area contributed by atoms with Crippen LogP contribution in [-0.4, -0.2) is 36.5 Å². The van der Waals surface area contributed by atoms with Crippen LogP contribution in [0.4, 0.5) is 30.4 Å². The summed E-state index contributed by atoms with van der Waals surface area (Å²) in [5.41, 5.74) is -0.217. The van der Waals surface area contributed by atoms with E-state index < -0.39 is 36.2 Å². The van der Waals surface area contributed by atoms with Crippen molar-refractivity contribution in [3.8, 4) is 0 Å². The van der Waals surface area contributed by atoms with Crippen molar-refractivity contribution >= 4 is 35.0 Å². The molecule has 3 aromatic rings. The number of nitrogens with one attached hydrogen (secondary N) is 2. The number of carbonyl (C=O) groups is 3. The average Bonchev–Trinajstić information content (AvgIpc) is 2.82. The van der Waals surface area contributed by atoms with Crippen LogP contribution in [0.2, 0.25) is 0 Å². The third-order valence-electron chi connectivity index (χ3n) is 4.40. The minimum absolute atomic E-state index is 0.0365. The number of methoxy groups -OCH3 is 1. The lowest BCUT2D eigenvalue weighted by Crippen LogP contribution is -2.21. The van der Waals surface area contributed by atoms with Crippen LogP contribution in [0.1, 0.15) is 26.3 Å². The molecular weight excluding hydrogens is 455 g/mol. The maximum atomic E-state index is 12.9. The number of anilines is 3. The van der Waals surface area contributed by atoms with Crippen LogP contribution in [0, 0.1) is 0 Å². The summed E-state index contributed by atoms with van der Waals surface area (Å²) in [4.78, 5) is 40.0. The molecule has 0 fully saturated rings. The van der Waals surface area contributed by atoms with E-state index in [1.807, 2.05) is 0 Å². The van der Waals surface area contributed by atoms with Gasteiger partial charge in [0.15, 0.2) is 6.61 Å². The first-order valence-corrected chi connectivity index (χ1v) is 9.72. The van der Waals surface area contributed by atoms with Gasteiger partial charge in [0, 0.05) is 17.6 Å². The summed E-state index contributed by atoms with van der Waals surface area (Å²) in [5.74, 6) is -2.11. The van der Waals surface area contributed by atoms with Crippen LogP contribution in [0.15, 0.2) is 66.9 Å². The molecule has 0 saturated heterocycles. The molecular formula is C23H18F3N3O5. The van der Waals surface area contributed by atoms with Crippen molar-refractivity contribution in [1.82, 2.24) is 4.98 Å². The maximum absolute atomic E-state index is 12.9. The van der Waals surface area contributed by atoms with Crippen molar-refractivity contribution in [3.05, 3.63) is 83.6 Å². The average molecular weight is 473 g/mol. The van der Waals surface area contributed by atoms with Gasteiger partial charge in [-0.25, -0.2) is 14.6 Å². The van der Waals surface area contributed by atoms with Gasteiger partial charge >= 0.3 is 18.1 Å². The summed E-state index contributed by atoms with van der Waals surface area (Å²) in [7, 11) is 1.25. The lowest BCUT2D eigenvalue weighted by molar-refractivity contribution is -0.137. The van der Waals surface area contributed by atoms with E-state index in [1.54, 1.807) is 0 Å². The molecule has 3 rings (SSSR count). The molecule has 1 amide bonds. The second kappa shape index (κ2) is 10.5. The highest BCUT2D eigenvalue weighted by atomic mass is 19.4. The van der Waals surface area contributed by atoms with Gasteiger partial charge in [0.1, 0.15) is 11.4 Å². The maximum Gasteiger partial charge on any atom is 0.416 e. The summed E-state index contributed by atoms with van der Waals surface area (Å²) < 4.78 is 48.4. The van der Waals surface area contributed by atoms with Gasteiger partial charge in [0.25, 0.3) is 5.91 Å². The number of rotatable bonds is 7. The van der Waals surface area contributed by atoms with Crippen LogP contribution < -0.4 is 10.6 Å². The van der Waals surface area contributed by atoms with Gasteiger partial charge < -0.3 is 20.1 Å². The molecule has 0 unspecified atom stereocenters. The molecule has 2 aromatic carbocycles. The van der Waals surface area contributed by atoms with Crippen molar-refractivity contribution in [3.63, 3.8) is 0 Å². The molecule has 0 aliphatic rings. The highest BCUT2D eigenvalue weighted by Crippen LogP contribution is 2.31. The molecule has 0 bridgehead atoms. The third kappa shape index (κ3) is 6.31. The monoisotopic (exact) mass is 473 g/mol. The van der Waals surface area contributed by atoms with E-state index in [2.05, 4.69) is 20.4 Å². The molecule has 0 aliphatic heterocycles. The molecule has 1 heterocycles. The van der Waals surface area contributed by atoms with Gasteiger partial charge in [-0.1, -0.05) is 6.07 Å². The Balaban J connectivity index is 1.62. The summed E-state index contributed by atoms with van der Waals surface area (Å²) in [5, 5.41) is 5.16. The molecule has 0 saturated carbocycles. The van der Waals surface area contributed by atoms with Crippen molar-refractivity contribution < 1.29 is 37.0 Å².